The lowest BCUT2D eigenvalue weighted by Gasteiger charge is -2.31. The first-order chi connectivity index (χ1) is 14.8. The van der Waals surface area contributed by atoms with Crippen molar-refractivity contribution in [3.63, 3.8) is 0 Å². The zero-order valence-electron chi connectivity index (χ0n) is 17.5. The highest BCUT2D eigenvalue weighted by atomic mass is 19.1. The highest BCUT2D eigenvalue weighted by Gasteiger charge is 2.26. The van der Waals surface area contributed by atoms with Crippen LogP contribution in [0.3, 0.4) is 0 Å². The summed E-state index contributed by atoms with van der Waals surface area (Å²) in [6, 6.07) is 4.99. The second-order valence-corrected chi connectivity index (χ2v) is 8.23. The Bertz CT molecular complexity index is 1390. The minimum atomic E-state index is -1.10. The van der Waals surface area contributed by atoms with Gasteiger partial charge in [0.1, 0.15) is 22.8 Å². The third kappa shape index (κ3) is 3.27. The fourth-order valence-electron chi connectivity index (χ4n) is 4.07. The first-order valence-electron chi connectivity index (χ1n) is 10.1. The van der Waals surface area contributed by atoms with Gasteiger partial charge < -0.3 is 10.0 Å². The van der Waals surface area contributed by atoms with E-state index in [9.17, 15) is 5.11 Å². The van der Waals surface area contributed by atoms with Gasteiger partial charge >= 0.3 is 0 Å². The summed E-state index contributed by atoms with van der Waals surface area (Å²) >= 11 is 0. The molecule has 1 N–H and O–H groups in total. The summed E-state index contributed by atoms with van der Waals surface area (Å²) in [4.78, 5) is 11.1. The maximum atomic E-state index is 15.1. The molecule has 0 aliphatic carbocycles. The van der Waals surface area contributed by atoms with Gasteiger partial charge in [-0.1, -0.05) is 29.2 Å². The maximum Gasteiger partial charge on any atom is 0.204 e. The second kappa shape index (κ2) is 7.00. The van der Waals surface area contributed by atoms with Gasteiger partial charge in [0.05, 0.1) is 17.3 Å². The van der Waals surface area contributed by atoms with E-state index in [1.54, 1.807) is 44.0 Å². The van der Waals surface area contributed by atoms with Crippen molar-refractivity contribution in [2.75, 3.05) is 11.4 Å². The Morgan fingerprint density at radius 3 is 2.87 bits per heavy atom. The monoisotopic (exact) mass is 416 g/mol. The Labute approximate surface area is 178 Å². The lowest BCUT2D eigenvalue weighted by Crippen LogP contribution is -2.26. The van der Waals surface area contributed by atoms with E-state index in [1.165, 1.54) is 6.07 Å². The van der Waals surface area contributed by atoms with Crippen molar-refractivity contribution in [3.05, 3.63) is 47.5 Å². The normalized spacial score (nSPS) is 13.9. The highest BCUT2D eigenvalue weighted by molar-refractivity contribution is 6.08. The first kappa shape index (κ1) is 19.4. The molecule has 1 aromatic carbocycles. The van der Waals surface area contributed by atoms with Gasteiger partial charge in [-0.2, -0.15) is 0 Å². The molecule has 0 atom stereocenters. The van der Waals surface area contributed by atoms with Crippen LogP contribution in [0.4, 0.5) is 15.9 Å². The Morgan fingerprint density at radius 1 is 1.23 bits per heavy atom. The number of pyridine rings is 2. The van der Waals surface area contributed by atoms with Gasteiger partial charge in [0, 0.05) is 30.7 Å². The Kier molecular flexibility index (Phi) is 4.38. The van der Waals surface area contributed by atoms with E-state index < -0.39 is 5.60 Å². The third-order valence-electron chi connectivity index (χ3n) is 5.41. The molecule has 0 amide bonds. The highest BCUT2D eigenvalue weighted by Crippen LogP contribution is 2.39. The van der Waals surface area contributed by atoms with Crippen LogP contribution >= 0.6 is 0 Å². The van der Waals surface area contributed by atoms with Gasteiger partial charge in [0.25, 0.3) is 0 Å². The summed E-state index contributed by atoms with van der Waals surface area (Å²) in [5.74, 6) is 6.07. The number of halogens is 1. The zero-order chi connectivity index (χ0) is 21.8. The SMILES string of the molecule is Cn1nnc2nc(N3CCCc4c(C#CC(C)(C)O)cncc43)c3c(F)cccc3c21. The standard InChI is InChI=1S/C23H21FN6O/c1-23(2,31)10-9-14-12-25-13-18-15(14)7-5-11-30(18)22-19-16(6-4-8-17(19)24)20-21(26-22)27-28-29(20)3/h4,6,8,12-13,31H,5,7,11H2,1-3H3. The van der Waals surface area contributed by atoms with Crippen LogP contribution in [0, 0.1) is 17.7 Å². The average Bonchev–Trinajstić information content (AvgIpc) is 3.12. The van der Waals surface area contributed by atoms with Crippen LogP contribution in [-0.2, 0) is 13.5 Å². The molecule has 4 heterocycles. The minimum Gasteiger partial charge on any atom is -0.378 e. The number of hydrogen-bond acceptors (Lipinski definition) is 6. The van der Waals surface area contributed by atoms with Crippen LogP contribution < -0.4 is 4.90 Å². The number of benzene rings is 1. The fourth-order valence-corrected chi connectivity index (χ4v) is 4.07. The number of aliphatic hydroxyl groups is 1. The molecule has 0 spiro atoms. The molecule has 1 aliphatic heterocycles. The molecule has 0 radical (unpaired) electrons. The van der Waals surface area contributed by atoms with Gasteiger partial charge in [-0.05, 0) is 38.3 Å². The minimum absolute atomic E-state index is 0.346. The fraction of sp³-hybridized carbons (Fsp3) is 0.304. The summed E-state index contributed by atoms with van der Waals surface area (Å²) in [5.41, 5.74) is 2.67. The quantitative estimate of drug-likeness (QED) is 0.480. The molecular formula is C23H21FN6O. The zero-order valence-corrected chi connectivity index (χ0v) is 17.5. The van der Waals surface area contributed by atoms with Crippen LogP contribution in [0.25, 0.3) is 21.9 Å². The molecule has 31 heavy (non-hydrogen) atoms. The van der Waals surface area contributed by atoms with Crippen molar-refractivity contribution in [1.29, 1.82) is 0 Å². The van der Waals surface area contributed by atoms with Gasteiger partial charge in [0.2, 0.25) is 5.65 Å². The molecule has 3 aromatic heterocycles. The predicted octanol–water partition coefficient (Wildman–Crippen LogP) is 3.26. The molecular weight excluding hydrogens is 395 g/mol. The average molecular weight is 416 g/mol. The number of aryl methyl sites for hydroxylation is 1. The first-order valence-corrected chi connectivity index (χ1v) is 10.1. The second-order valence-electron chi connectivity index (χ2n) is 8.23. The molecule has 7 nitrogen and oxygen atoms in total. The number of aromatic nitrogens is 5. The molecule has 1 aliphatic rings. The predicted molar refractivity (Wildman–Crippen MR) is 117 cm³/mol. The number of fused-ring (bicyclic) bond motifs is 4. The summed E-state index contributed by atoms with van der Waals surface area (Å²) in [7, 11) is 1.77. The van der Waals surface area contributed by atoms with E-state index in [4.69, 9.17) is 4.98 Å². The molecule has 156 valence electrons. The molecule has 4 aromatic rings. The summed E-state index contributed by atoms with van der Waals surface area (Å²) in [6.45, 7) is 3.95. The Hall–Kier alpha value is -3.57. The van der Waals surface area contributed by atoms with Crippen molar-refractivity contribution >= 4 is 33.4 Å². The van der Waals surface area contributed by atoms with Gasteiger partial charge in [-0.3, -0.25) is 4.98 Å². The number of nitrogens with zero attached hydrogens (tertiary/aromatic N) is 6. The lowest BCUT2D eigenvalue weighted by atomic mass is 9.97. The van der Waals surface area contributed by atoms with Gasteiger partial charge in [0.15, 0.2) is 0 Å². The number of anilines is 2. The molecule has 0 saturated heterocycles. The smallest absolute Gasteiger partial charge is 0.204 e. The van der Waals surface area contributed by atoms with E-state index in [2.05, 4.69) is 27.1 Å². The van der Waals surface area contributed by atoms with Crippen LogP contribution in [-0.4, -0.2) is 42.2 Å². The Balaban J connectivity index is 1.75. The van der Waals surface area contributed by atoms with Crippen LogP contribution in [0.2, 0.25) is 0 Å². The van der Waals surface area contributed by atoms with Crippen molar-refractivity contribution < 1.29 is 9.50 Å². The van der Waals surface area contributed by atoms with Crippen molar-refractivity contribution in [1.82, 2.24) is 25.0 Å². The molecule has 0 bridgehead atoms. The van der Waals surface area contributed by atoms with E-state index in [0.717, 1.165) is 29.7 Å². The van der Waals surface area contributed by atoms with Gasteiger partial charge in [-0.25, -0.2) is 14.1 Å². The van der Waals surface area contributed by atoms with E-state index >= 15 is 4.39 Å². The van der Waals surface area contributed by atoms with Crippen LogP contribution in [0.1, 0.15) is 31.4 Å². The van der Waals surface area contributed by atoms with E-state index in [0.29, 0.717) is 34.3 Å². The molecule has 0 saturated carbocycles. The maximum absolute atomic E-state index is 15.1. The topological polar surface area (TPSA) is 80.0 Å². The summed E-state index contributed by atoms with van der Waals surface area (Å²) < 4.78 is 16.7. The Morgan fingerprint density at radius 2 is 2.06 bits per heavy atom. The molecule has 0 fully saturated rings. The summed E-state index contributed by atoms with van der Waals surface area (Å²) in [6.07, 6.45) is 5.14. The largest absolute Gasteiger partial charge is 0.378 e. The van der Waals surface area contributed by atoms with Gasteiger partial charge in [-0.15, -0.1) is 5.10 Å². The van der Waals surface area contributed by atoms with Crippen molar-refractivity contribution in [2.45, 2.75) is 32.3 Å². The third-order valence-corrected chi connectivity index (χ3v) is 5.41. The molecule has 0 unspecified atom stereocenters. The molecule has 5 rings (SSSR count). The number of rotatable bonds is 1. The summed E-state index contributed by atoms with van der Waals surface area (Å²) in [5, 5.41) is 19.4. The number of hydrogen-bond donors (Lipinski definition) is 1. The van der Waals surface area contributed by atoms with E-state index in [1.807, 2.05) is 11.0 Å². The lowest BCUT2D eigenvalue weighted by molar-refractivity contribution is 0.143. The van der Waals surface area contributed by atoms with Crippen molar-refractivity contribution in [2.24, 2.45) is 7.05 Å². The van der Waals surface area contributed by atoms with Crippen LogP contribution in [0.15, 0.2) is 30.6 Å². The molecule has 8 heteroatoms. The van der Waals surface area contributed by atoms with Crippen molar-refractivity contribution in [3.8, 4) is 11.8 Å². The van der Waals surface area contributed by atoms with E-state index in [-0.39, 0.29) is 5.82 Å². The van der Waals surface area contributed by atoms with Crippen LogP contribution in [0.5, 0.6) is 0 Å².